The third-order valence-electron chi connectivity index (χ3n) is 2.17. The smallest absolute Gasteiger partial charge is 0.352 e. The van der Waals surface area contributed by atoms with Gasteiger partial charge in [-0.15, -0.1) is 0 Å². The van der Waals surface area contributed by atoms with E-state index in [9.17, 15) is 4.79 Å². The normalized spacial score (nSPS) is 10.5. The van der Waals surface area contributed by atoms with Gasteiger partial charge in [0.05, 0.1) is 5.69 Å². The van der Waals surface area contributed by atoms with Crippen molar-refractivity contribution in [3.8, 4) is 5.69 Å². The molecule has 0 saturated carbocycles. The summed E-state index contributed by atoms with van der Waals surface area (Å²) in [6, 6.07) is 6.85. The first kappa shape index (κ1) is 12.9. The van der Waals surface area contributed by atoms with Crippen LogP contribution in [0.25, 0.3) is 5.69 Å². The van der Waals surface area contributed by atoms with Gasteiger partial charge in [0.25, 0.3) is 0 Å². The van der Waals surface area contributed by atoms with Gasteiger partial charge < -0.3 is 9.67 Å². The van der Waals surface area contributed by atoms with Crippen LogP contribution in [0.5, 0.6) is 0 Å². The highest BCUT2D eigenvalue weighted by Gasteiger charge is 2.14. The highest BCUT2D eigenvalue weighted by molar-refractivity contribution is 14.1. The molecular weight excluding hydrogens is 420 g/mol. The van der Waals surface area contributed by atoms with Crippen LogP contribution in [0.15, 0.2) is 34.9 Å². The maximum atomic E-state index is 11.1. The largest absolute Gasteiger partial charge is 0.477 e. The molecule has 1 aromatic heterocycles. The Balaban J connectivity index is 2.67. The van der Waals surface area contributed by atoms with Crippen LogP contribution in [0.3, 0.4) is 0 Å². The maximum absolute atomic E-state index is 11.1. The van der Waals surface area contributed by atoms with Crippen LogP contribution < -0.4 is 0 Å². The molecule has 3 nitrogen and oxygen atoms in total. The molecule has 6 heteroatoms. The third-order valence-corrected chi connectivity index (χ3v) is 3.67. The summed E-state index contributed by atoms with van der Waals surface area (Å²) in [6.07, 6.45) is 1.75. The predicted molar refractivity (Wildman–Crippen MR) is 78.2 cm³/mol. The van der Waals surface area contributed by atoms with Gasteiger partial charge in [-0.25, -0.2) is 4.79 Å². The Morgan fingerprint density at radius 1 is 1.41 bits per heavy atom. The second kappa shape index (κ2) is 4.99. The lowest BCUT2D eigenvalue weighted by molar-refractivity contribution is 0.0688. The van der Waals surface area contributed by atoms with E-state index in [4.69, 9.17) is 16.7 Å². The maximum Gasteiger partial charge on any atom is 0.352 e. The van der Waals surface area contributed by atoms with Crippen LogP contribution in [0.2, 0.25) is 5.02 Å². The molecule has 88 valence electrons. The number of aromatic nitrogens is 1. The molecule has 0 aliphatic heterocycles. The van der Waals surface area contributed by atoms with Crippen LogP contribution >= 0.6 is 50.1 Å². The van der Waals surface area contributed by atoms with E-state index in [1.165, 1.54) is 0 Å². The van der Waals surface area contributed by atoms with Crippen molar-refractivity contribution in [1.82, 2.24) is 4.57 Å². The minimum absolute atomic E-state index is 0.206. The van der Waals surface area contributed by atoms with Crippen LogP contribution in [0.1, 0.15) is 10.5 Å². The molecule has 0 atom stereocenters. The number of rotatable bonds is 2. The zero-order valence-corrected chi connectivity index (χ0v) is 12.8. The van der Waals surface area contributed by atoms with E-state index in [2.05, 4.69) is 38.5 Å². The number of aromatic carboxylic acids is 1. The average Bonchev–Trinajstić information content (AvgIpc) is 2.64. The molecule has 0 unspecified atom stereocenters. The minimum atomic E-state index is -0.972. The molecule has 0 radical (unpaired) electrons. The van der Waals surface area contributed by atoms with Crippen molar-refractivity contribution in [3.63, 3.8) is 0 Å². The monoisotopic (exact) mass is 425 g/mol. The molecule has 1 aromatic carbocycles. The van der Waals surface area contributed by atoms with Crippen LogP contribution in [-0.4, -0.2) is 15.6 Å². The number of carboxylic acids is 1. The summed E-state index contributed by atoms with van der Waals surface area (Å²) in [5, 5.41) is 9.69. The summed E-state index contributed by atoms with van der Waals surface area (Å²) >= 11 is 11.4. The topological polar surface area (TPSA) is 42.2 Å². The number of hydrogen-bond donors (Lipinski definition) is 1. The van der Waals surface area contributed by atoms with Crippen molar-refractivity contribution in [2.45, 2.75) is 0 Å². The van der Waals surface area contributed by atoms with E-state index < -0.39 is 5.97 Å². The molecule has 1 heterocycles. The zero-order valence-electron chi connectivity index (χ0n) is 8.32. The SMILES string of the molecule is O=C(O)c1cc(I)cn1-c1cc(Cl)ccc1Br. The fourth-order valence-corrected chi connectivity index (χ4v) is 2.64. The van der Waals surface area contributed by atoms with Crippen LogP contribution in [0.4, 0.5) is 0 Å². The summed E-state index contributed by atoms with van der Waals surface area (Å²) in [6.45, 7) is 0. The number of carboxylic acid groups (broad SMARTS) is 1. The van der Waals surface area contributed by atoms with Gasteiger partial charge in [-0.1, -0.05) is 11.6 Å². The van der Waals surface area contributed by atoms with Crippen molar-refractivity contribution in [2.24, 2.45) is 0 Å². The van der Waals surface area contributed by atoms with E-state index in [1.54, 1.807) is 35.0 Å². The Morgan fingerprint density at radius 2 is 2.12 bits per heavy atom. The second-order valence-corrected chi connectivity index (χ2v) is 5.85. The summed E-state index contributed by atoms with van der Waals surface area (Å²) < 4.78 is 3.24. The number of carbonyl (C=O) groups is 1. The Bertz CT molecular complexity index is 597. The van der Waals surface area contributed by atoms with Gasteiger partial charge in [0.2, 0.25) is 0 Å². The van der Waals surface area contributed by atoms with Crippen molar-refractivity contribution in [2.75, 3.05) is 0 Å². The van der Waals surface area contributed by atoms with Crippen molar-refractivity contribution in [3.05, 3.63) is 49.2 Å². The molecule has 1 N–H and O–H groups in total. The Kier molecular flexibility index (Phi) is 3.79. The minimum Gasteiger partial charge on any atom is -0.477 e. The highest BCUT2D eigenvalue weighted by atomic mass is 127. The molecule has 0 aliphatic rings. The predicted octanol–water partition coefficient (Wildman–Crippen LogP) is 4.20. The average molecular weight is 426 g/mol. The molecule has 0 saturated heterocycles. The summed E-state index contributed by atoms with van der Waals surface area (Å²) in [5.74, 6) is -0.972. The lowest BCUT2D eigenvalue weighted by Crippen LogP contribution is -2.06. The van der Waals surface area contributed by atoms with Gasteiger partial charge in [-0.3, -0.25) is 0 Å². The Morgan fingerprint density at radius 3 is 2.76 bits per heavy atom. The van der Waals surface area contributed by atoms with E-state index in [0.29, 0.717) is 10.7 Å². The van der Waals surface area contributed by atoms with Crippen LogP contribution in [-0.2, 0) is 0 Å². The van der Waals surface area contributed by atoms with E-state index in [-0.39, 0.29) is 5.69 Å². The number of hydrogen-bond acceptors (Lipinski definition) is 1. The van der Waals surface area contributed by atoms with E-state index in [0.717, 1.165) is 8.04 Å². The fraction of sp³-hybridized carbons (Fsp3) is 0. The summed E-state index contributed by atoms with van der Waals surface area (Å²) in [5.41, 5.74) is 0.912. The Labute approximate surface area is 125 Å². The first-order valence-corrected chi connectivity index (χ1v) is 6.80. The van der Waals surface area contributed by atoms with Crippen molar-refractivity contribution < 1.29 is 9.90 Å². The molecule has 0 fully saturated rings. The van der Waals surface area contributed by atoms with Crippen LogP contribution in [0, 0.1) is 3.57 Å². The molecule has 0 amide bonds. The van der Waals surface area contributed by atoms with Gasteiger partial charge in [0, 0.05) is 19.3 Å². The van der Waals surface area contributed by atoms with E-state index in [1.807, 2.05) is 0 Å². The van der Waals surface area contributed by atoms with Gasteiger partial charge >= 0.3 is 5.97 Å². The lowest BCUT2D eigenvalue weighted by atomic mass is 10.3. The van der Waals surface area contributed by atoms with Crippen molar-refractivity contribution >= 4 is 56.1 Å². The Hall–Kier alpha value is -0.530. The standard InChI is InChI=1S/C11H6BrClINO2/c12-8-2-1-6(13)3-9(8)15-5-7(14)4-10(15)11(16)17/h1-5H,(H,16,17). The highest BCUT2D eigenvalue weighted by Crippen LogP contribution is 2.27. The van der Waals surface area contributed by atoms with Gasteiger partial charge in [0.15, 0.2) is 0 Å². The van der Waals surface area contributed by atoms with Crippen molar-refractivity contribution in [1.29, 1.82) is 0 Å². The van der Waals surface area contributed by atoms with Gasteiger partial charge in [0.1, 0.15) is 5.69 Å². The third kappa shape index (κ3) is 2.66. The number of nitrogens with zero attached hydrogens (tertiary/aromatic N) is 1. The lowest BCUT2D eigenvalue weighted by Gasteiger charge is -2.08. The molecule has 2 aromatic rings. The first-order valence-electron chi connectivity index (χ1n) is 4.55. The number of halogens is 3. The fourth-order valence-electron chi connectivity index (χ4n) is 1.46. The quantitative estimate of drug-likeness (QED) is 0.732. The van der Waals surface area contributed by atoms with Gasteiger partial charge in [-0.05, 0) is 62.8 Å². The number of benzene rings is 1. The second-order valence-electron chi connectivity index (χ2n) is 3.31. The molecular formula is C11H6BrClINO2. The molecule has 17 heavy (non-hydrogen) atoms. The molecule has 0 spiro atoms. The molecule has 0 bridgehead atoms. The van der Waals surface area contributed by atoms with Gasteiger partial charge in [-0.2, -0.15) is 0 Å². The molecule has 2 rings (SSSR count). The first-order chi connectivity index (χ1) is 7.99. The summed E-state index contributed by atoms with van der Waals surface area (Å²) in [7, 11) is 0. The summed E-state index contributed by atoms with van der Waals surface area (Å²) in [4.78, 5) is 11.1. The molecule has 0 aliphatic carbocycles. The zero-order chi connectivity index (χ0) is 12.6. The van der Waals surface area contributed by atoms with E-state index >= 15 is 0 Å².